The van der Waals surface area contributed by atoms with E-state index < -0.39 is 0 Å². The average molecular weight is 288 g/mol. The van der Waals surface area contributed by atoms with Crippen molar-refractivity contribution in [3.8, 4) is 0 Å². The molecule has 0 bridgehead atoms. The summed E-state index contributed by atoms with van der Waals surface area (Å²) >= 11 is 0. The van der Waals surface area contributed by atoms with Crippen LogP contribution < -0.4 is 10.6 Å². The number of nitrogens with one attached hydrogen (secondary N) is 2. The first kappa shape index (κ1) is 16.0. The number of carbonyl (C=O) groups excluding carboxylic acids is 1. The topological polar surface area (TPSA) is 41.1 Å². The van der Waals surface area contributed by atoms with Gasteiger partial charge in [-0.1, -0.05) is 44.2 Å². The van der Waals surface area contributed by atoms with Crippen LogP contribution in [0, 0.1) is 5.92 Å². The summed E-state index contributed by atoms with van der Waals surface area (Å²) in [6.07, 6.45) is 8.37. The van der Waals surface area contributed by atoms with E-state index in [0.29, 0.717) is 6.04 Å². The van der Waals surface area contributed by atoms with Gasteiger partial charge in [0.05, 0.1) is 0 Å². The van der Waals surface area contributed by atoms with Gasteiger partial charge in [-0.15, -0.1) is 0 Å². The fraction of sp³-hybridized carbons (Fsp3) is 0.611. The van der Waals surface area contributed by atoms with Crippen LogP contribution in [-0.4, -0.2) is 12.5 Å². The first-order chi connectivity index (χ1) is 10.1. The van der Waals surface area contributed by atoms with Crippen molar-refractivity contribution in [1.29, 1.82) is 0 Å². The average Bonchev–Trinajstić information content (AvgIpc) is 2.48. The Morgan fingerprint density at radius 1 is 1.29 bits per heavy atom. The van der Waals surface area contributed by atoms with Gasteiger partial charge >= 0.3 is 0 Å². The molecule has 2 N–H and O–H groups in total. The molecule has 1 aromatic rings. The molecule has 1 unspecified atom stereocenters. The van der Waals surface area contributed by atoms with Crippen LogP contribution in [0.3, 0.4) is 0 Å². The number of benzene rings is 1. The Morgan fingerprint density at radius 2 is 2.05 bits per heavy atom. The third-order valence-electron chi connectivity index (χ3n) is 4.43. The monoisotopic (exact) mass is 288 g/mol. The molecule has 2 rings (SSSR count). The highest BCUT2D eigenvalue weighted by Crippen LogP contribution is 2.26. The smallest absolute Gasteiger partial charge is 0.221 e. The molecule has 3 nitrogen and oxygen atoms in total. The maximum Gasteiger partial charge on any atom is 0.221 e. The molecule has 0 spiro atoms. The minimum Gasteiger partial charge on any atom is -0.326 e. The van der Waals surface area contributed by atoms with Crippen molar-refractivity contribution in [2.45, 2.75) is 58.4 Å². The lowest BCUT2D eigenvalue weighted by molar-refractivity contribution is -0.114. The molecular weight excluding hydrogens is 260 g/mol. The van der Waals surface area contributed by atoms with E-state index in [-0.39, 0.29) is 5.91 Å². The molecule has 1 atom stereocenters. The molecule has 1 amide bonds. The molecule has 1 aliphatic rings. The Labute approximate surface area is 128 Å². The van der Waals surface area contributed by atoms with E-state index in [4.69, 9.17) is 0 Å². The van der Waals surface area contributed by atoms with E-state index in [2.05, 4.69) is 29.7 Å². The highest BCUT2D eigenvalue weighted by Gasteiger charge is 2.13. The third kappa shape index (κ3) is 5.50. The summed E-state index contributed by atoms with van der Waals surface area (Å²) in [4.78, 5) is 11.1. The Hall–Kier alpha value is -1.35. The Bertz CT molecular complexity index is 452. The molecule has 116 valence electrons. The van der Waals surface area contributed by atoms with Gasteiger partial charge in [-0.3, -0.25) is 4.79 Å². The molecule has 21 heavy (non-hydrogen) atoms. The third-order valence-corrected chi connectivity index (χ3v) is 4.43. The lowest BCUT2D eigenvalue weighted by Gasteiger charge is -2.23. The molecule has 0 radical (unpaired) electrons. The molecule has 1 fully saturated rings. The van der Waals surface area contributed by atoms with Crippen LogP contribution in [0.1, 0.15) is 64.0 Å². The van der Waals surface area contributed by atoms with Crippen molar-refractivity contribution in [2.24, 2.45) is 5.92 Å². The van der Waals surface area contributed by atoms with Crippen molar-refractivity contribution >= 4 is 11.6 Å². The van der Waals surface area contributed by atoms with E-state index in [1.807, 2.05) is 12.1 Å². The lowest BCUT2D eigenvalue weighted by atomic mass is 9.87. The molecule has 3 heteroatoms. The zero-order chi connectivity index (χ0) is 15.1. The molecule has 1 aromatic carbocycles. The highest BCUT2D eigenvalue weighted by molar-refractivity contribution is 5.88. The van der Waals surface area contributed by atoms with Crippen LogP contribution in [0.2, 0.25) is 0 Å². The molecule has 0 heterocycles. The molecule has 0 aliphatic heterocycles. The number of rotatable bonds is 6. The zero-order valence-electron chi connectivity index (χ0n) is 13.3. The minimum atomic E-state index is -0.0231. The van der Waals surface area contributed by atoms with Gasteiger partial charge in [-0.05, 0) is 43.5 Å². The Morgan fingerprint density at radius 3 is 2.76 bits per heavy atom. The summed E-state index contributed by atoms with van der Waals surface area (Å²) in [5.74, 6) is 0.897. The van der Waals surface area contributed by atoms with Gasteiger partial charge < -0.3 is 10.6 Å². The van der Waals surface area contributed by atoms with Crippen molar-refractivity contribution in [2.75, 3.05) is 11.9 Å². The molecule has 0 aromatic heterocycles. The van der Waals surface area contributed by atoms with E-state index >= 15 is 0 Å². The second-order valence-corrected chi connectivity index (χ2v) is 6.28. The largest absolute Gasteiger partial charge is 0.326 e. The molecular formula is C18H28N2O. The normalized spacial score (nSPS) is 17.4. The number of amides is 1. The number of carbonyl (C=O) groups is 1. The minimum absolute atomic E-state index is 0.0231. The van der Waals surface area contributed by atoms with Crippen LogP contribution in [0.15, 0.2) is 24.3 Å². The molecule has 1 saturated carbocycles. The number of hydrogen-bond acceptors (Lipinski definition) is 2. The fourth-order valence-electron chi connectivity index (χ4n) is 3.19. The van der Waals surface area contributed by atoms with Crippen LogP contribution >= 0.6 is 0 Å². The fourth-order valence-corrected chi connectivity index (χ4v) is 3.19. The van der Waals surface area contributed by atoms with Gasteiger partial charge in [-0.25, -0.2) is 0 Å². The van der Waals surface area contributed by atoms with Gasteiger partial charge in [0, 0.05) is 18.7 Å². The summed E-state index contributed by atoms with van der Waals surface area (Å²) in [5, 5.41) is 6.46. The quantitative estimate of drug-likeness (QED) is 0.821. The van der Waals surface area contributed by atoms with Gasteiger partial charge in [0.1, 0.15) is 0 Å². The summed E-state index contributed by atoms with van der Waals surface area (Å²) in [5.41, 5.74) is 2.10. The molecule has 1 aliphatic carbocycles. The number of anilines is 1. The zero-order valence-corrected chi connectivity index (χ0v) is 13.3. The standard InChI is InChI=1S/C18H28N2O/c1-14(19-12-11-16-7-4-3-5-8-16)17-9-6-10-18(13-17)20-15(2)21/h6,9-10,13-14,16,19H,3-5,7-8,11-12H2,1-2H3,(H,20,21). The highest BCUT2D eigenvalue weighted by atomic mass is 16.1. The Kier molecular flexibility index (Phi) is 6.24. The summed E-state index contributed by atoms with van der Waals surface area (Å²) < 4.78 is 0. The summed E-state index contributed by atoms with van der Waals surface area (Å²) in [6.45, 7) is 4.81. The summed E-state index contributed by atoms with van der Waals surface area (Å²) in [6, 6.07) is 8.42. The van der Waals surface area contributed by atoms with Crippen LogP contribution in [-0.2, 0) is 4.79 Å². The second kappa shape index (κ2) is 8.18. The van der Waals surface area contributed by atoms with Crippen molar-refractivity contribution in [3.05, 3.63) is 29.8 Å². The van der Waals surface area contributed by atoms with Crippen LogP contribution in [0.25, 0.3) is 0 Å². The van der Waals surface area contributed by atoms with Crippen molar-refractivity contribution < 1.29 is 4.79 Å². The van der Waals surface area contributed by atoms with Gasteiger partial charge in [0.15, 0.2) is 0 Å². The maximum absolute atomic E-state index is 11.1. The first-order valence-electron chi connectivity index (χ1n) is 8.26. The predicted molar refractivity (Wildman–Crippen MR) is 88.4 cm³/mol. The second-order valence-electron chi connectivity index (χ2n) is 6.28. The van der Waals surface area contributed by atoms with Gasteiger partial charge in [-0.2, -0.15) is 0 Å². The first-order valence-corrected chi connectivity index (χ1v) is 8.26. The van der Waals surface area contributed by atoms with E-state index in [1.165, 1.54) is 44.1 Å². The van der Waals surface area contributed by atoms with E-state index in [1.54, 1.807) is 6.92 Å². The number of hydrogen-bond donors (Lipinski definition) is 2. The Balaban J connectivity index is 1.79. The van der Waals surface area contributed by atoms with E-state index in [0.717, 1.165) is 18.2 Å². The molecule has 0 saturated heterocycles. The van der Waals surface area contributed by atoms with Crippen molar-refractivity contribution in [3.63, 3.8) is 0 Å². The predicted octanol–water partition coefficient (Wildman–Crippen LogP) is 4.27. The van der Waals surface area contributed by atoms with Gasteiger partial charge in [0.25, 0.3) is 0 Å². The van der Waals surface area contributed by atoms with Gasteiger partial charge in [0.2, 0.25) is 5.91 Å². The SMILES string of the molecule is CC(=O)Nc1cccc(C(C)NCCC2CCCCC2)c1. The summed E-state index contributed by atoms with van der Waals surface area (Å²) in [7, 11) is 0. The van der Waals surface area contributed by atoms with Crippen molar-refractivity contribution in [1.82, 2.24) is 5.32 Å². The van der Waals surface area contributed by atoms with Crippen LogP contribution in [0.5, 0.6) is 0 Å². The van der Waals surface area contributed by atoms with Crippen LogP contribution in [0.4, 0.5) is 5.69 Å². The maximum atomic E-state index is 11.1. The van der Waals surface area contributed by atoms with E-state index in [9.17, 15) is 4.79 Å². The lowest BCUT2D eigenvalue weighted by Crippen LogP contribution is -2.22.